The van der Waals surface area contributed by atoms with E-state index in [4.69, 9.17) is 5.26 Å². The molecule has 0 aromatic carbocycles. The molecule has 2 atom stereocenters. The van der Waals surface area contributed by atoms with E-state index in [1.807, 2.05) is 0 Å². The van der Waals surface area contributed by atoms with E-state index < -0.39 is 0 Å². The molecule has 0 bridgehead atoms. The molecule has 2 unspecified atom stereocenters. The van der Waals surface area contributed by atoms with Gasteiger partial charge in [0.25, 0.3) is 0 Å². The Morgan fingerprint density at radius 1 is 1.47 bits per heavy atom. The van der Waals surface area contributed by atoms with Crippen molar-refractivity contribution in [3.05, 3.63) is 0 Å². The van der Waals surface area contributed by atoms with E-state index in [9.17, 15) is 0 Å². The number of nitrogens with one attached hydrogen (secondary N) is 1. The molecule has 0 aromatic rings. The van der Waals surface area contributed by atoms with Gasteiger partial charge < -0.3 is 10.2 Å². The highest BCUT2D eigenvalue weighted by Gasteiger charge is 2.23. The fraction of sp³-hybridized carbons (Fsp3) is 0.917. The number of nitrogens with zero attached hydrogens (tertiary/aromatic N) is 2. The second kappa shape index (κ2) is 6.09. The van der Waals surface area contributed by atoms with Gasteiger partial charge in [-0.25, -0.2) is 0 Å². The largest absolute Gasteiger partial charge is 0.308 e. The Bertz CT molecular complexity index is 219. The summed E-state index contributed by atoms with van der Waals surface area (Å²) in [6, 6.07) is 3.14. The Morgan fingerprint density at radius 3 is 2.80 bits per heavy atom. The Hall–Kier alpha value is -0.590. The van der Waals surface area contributed by atoms with Crippen LogP contribution in [0.15, 0.2) is 0 Å². The first-order valence-corrected chi connectivity index (χ1v) is 5.97. The van der Waals surface area contributed by atoms with Crippen molar-refractivity contribution in [1.82, 2.24) is 10.2 Å². The van der Waals surface area contributed by atoms with Crippen molar-refractivity contribution >= 4 is 0 Å². The van der Waals surface area contributed by atoms with Crippen LogP contribution < -0.4 is 5.32 Å². The maximum Gasteiger partial charge on any atom is 0.0638 e. The van der Waals surface area contributed by atoms with Crippen LogP contribution in [0.25, 0.3) is 0 Å². The summed E-state index contributed by atoms with van der Waals surface area (Å²) in [7, 11) is 0. The second-order valence-corrected chi connectivity index (χ2v) is 5.07. The minimum absolute atomic E-state index is 0.367. The highest BCUT2D eigenvalue weighted by atomic mass is 15.2. The molecule has 3 nitrogen and oxygen atoms in total. The van der Waals surface area contributed by atoms with Gasteiger partial charge in [0, 0.05) is 25.2 Å². The number of nitriles is 1. The average Bonchev–Trinajstić information content (AvgIpc) is 2.14. The maximum atomic E-state index is 8.70. The third-order valence-corrected chi connectivity index (χ3v) is 2.89. The fourth-order valence-corrected chi connectivity index (χ4v) is 2.14. The molecule has 0 saturated carbocycles. The van der Waals surface area contributed by atoms with Crippen molar-refractivity contribution in [2.24, 2.45) is 5.92 Å². The molecule has 15 heavy (non-hydrogen) atoms. The molecule has 0 aromatic heterocycles. The van der Waals surface area contributed by atoms with Gasteiger partial charge in [0.05, 0.1) is 12.5 Å². The first-order valence-electron chi connectivity index (χ1n) is 5.97. The van der Waals surface area contributed by atoms with Crippen LogP contribution in [-0.4, -0.2) is 36.6 Å². The number of hydrogen-bond acceptors (Lipinski definition) is 3. The normalized spacial score (nSPS) is 27.9. The molecular formula is C12H23N3. The van der Waals surface area contributed by atoms with Crippen LogP contribution in [0.4, 0.5) is 0 Å². The van der Waals surface area contributed by atoms with Crippen LogP contribution in [0.3, 0.4) is 0 Å². The van der Waals surface area contributed by atoms with Crippen LogP contribution in [0.1, 0.15) is 33.6 Å². The summed E-state index contributed by atoms with van der Waals surface area (Å²) in [5, 5.41) is 12.2. The van der Waals surface area contributed by atoms with Crippen molar-refractivity contribution < 1.29 is 0 Å². The Balaban J connectivity index is 2.35. The van der Waals surface area contributed by atoms with Gasteiger partial charge in [0.2, 0.25) is 0 Å². The number of rotatable bonds is 4. The third kappa shape index (κ3) is 4.63. The SMILES string of the molecule is CC(C)CCN1CC(C)NC(CC#N)C1. The van der Waals surface area contributed by atoms with Crippen molar-refractivity contribution in [3.63, 3.8) is 0 Å². The van der Waals surface area contributed by atoms with Crippen LogP contribution in [0.5, 0.6) is 0 Å². The van der Waals surface area contributed by atoms with Crippen molar-refractivity contribution in [2.45, 2.75) is 45.7 Å². The number of hydrogen-bond donors (Lipinski definition) is 1. The van der Waals surface area contributed by atoms with E-state index in [2.05, 4.69) is 37.1 Å². The highest BCUT2D eigenvalue weighted by Crippen LogP contribution is 2.09. The van der Waals surface area contributed by atoms with Gasteiger partial charge in [-0.2, -0.15) is 5.26 Å². The van der Waals surface area contributed by atoms with Gasteiger partial charge >= 0.3 is 0 Å². The molecule has 1 aliphatic rings. The highest BCUT2D eigenvalue weighted by molar-refractivity contribution is 4.89. The fourth-order valence-electron chi connectivity index (χ4n) is 2.14. The first-order chi connectivity index (χ1) is 7.11. The minimum atomic E-state index is 0.367. The van der Waals surface area contributed by atoms with Crippen molar-refractivity contribution in [1.29, 1.82) is 5.26 Å². The Kier molecular flexibility index (Phi) is 5.07. The molecule has 3 heteroatoms. The smallest absolute Gasteiger partial charge is 0.0638 e. The predicted octanol–water partition coefficient (Wildman–Crippen LogP) is 1.61. The van der Waals surface area contributed by atoms with Crippen LogP contribution >= 0.6 is 0 Å². The summed E-state index contributed by atoms with van der Waals surface area (Å²) >= 11 is 0. The summed E-state index contributed by atoms with van der Waals surface area (Å²) < 4.78 is 0. The summed E-state index contributed by atoms with van der Waals surface area (Å²) in [5.41, 5.74) is 0. The molecule has 86 valence electrons. The third-order valence-electron chi connectivity index (χ3n) is 2.89. The molecule has 0 amide bonds. The minimum Gasteiger partial charge on any atom is -0.308 e. The van der Waals surface area contributed by atoms with Gasteiger partial charge in [-0.3, -0.25) is 0 Å². The summed E-state index contributed by atoms with van der Waals surface area (Å²) in [6.45, 7) is 10.0. The summed E-state index contributed by atoms with van der Waals surface area (Å²) in [4.78, 5) is 2.49. The van der Waals surface area contributed by atoms with E-state index in [1.165, 1.54) is 13.0 Å². The quantitative estimate of drug-likeness (QED) is 0.764. The zero-order chi connectivity index (χ0) is 11.3. The van der Waals surface area contributed by atoms with Gasteiger partial charge in [0.15, 0.2) is 0 Å². The Labute approximate surface area is 93.5 Å². The lowest BCUT2D eigenvalue weighted by Gasteiger charge is -2.37. The summed E-state index contributed by atoms with van der Waals surface area (Å²) in [5.74, 6) is 0.768. The zero-order valence-corrected chi connectivity index (χ0v) is 10.2. The van der Waals surface area contributed by atoms with Gasteiger partial charge in [-0.1, -0.05) is 13.8 Å². The molecule has 1 fully saturated rings. The summed E-state index contributed by atoms with van der Waals surface area (Å²) in [6.07, 6.45) is 1.88. The molecule has 1 rings (SSSR count). The Morgan fingerprint density at radius 2 is 2.20 bits per heavy atom. The lowest BCUT2D eigenvalue weighted by Crippen LogP contribution is -2.55. The average molecular weight is 209 g/mol. The standard InChI is InChI=1S/C12H23N3/c1-10(2)5-7-15-8-11(3)14-12(9-15)4-6-13/h10-12,14H,4-5,7-9H2,1-3H3. The van der Waals surface area contributed by atoms with E-state index >= 15 is 0 Å². The van der Waals surface area contributed by atoms with Crippen LogP contribution in [0.2, 0.25) is 0 Å². The van der Waals surface area contributed by atoms with E-state index in [-0.39, 0.29) is 0 Å². The lowest BCUT2D eigenvalue weighted by atomic mass is 10.1. The molecule has 1 heterocycles. The van der Waals surface area contributed by atoms with Crippen molar-refractivity contribution in [2.75, 3.05) is 19.6 Å². The first kappa shape index (κ1) is 12.5. The van der Waals surface area contributed by atoms with Crippen LogP contribution in [-0.2, 0) is 0 Å². The van der Waals surface area contributed by atoms with Crippen LogP contribution in [0, 0.1) is 17.2 Å². The van der Waals surface area contributed by atoms with Gasteiger partial charge in [0.1, 0.15) is 0 Å². The lowest BCUT2D eigenvalue weighted by molar-refractivity contribution is 0.161. The van der Waals surface area contributed by atoms with E-state index in [0.29, 0.717) is 18.5 Å². The molecule has 1 saturated heterocycles. The molecule has 0 radical (unpaired) electrons. The molecule has 0 aliphatic carbocycles. The van der Waals surface area contributed by atoms with Gasteiger partial charge in [-0.15, -0.1) is 0 Å². The van der Waals surface area contributed by atoms with E-state index in [0.717, 1.165) is 19.0 Å². The second-order valence-electron chi connectivity index (χ2n) is 5.07. The zero-order valence-electron chi connectivity index (χ0n) is 10.2. The monoisotopic (exact) mass is 209 g/mol. The molecular weight excluding hydrogens is 186 g/mol. The number of piperazine rings is 1. The topological polar surface area (TPSA) is 39.1 Å². The molecule has 1 aliphatic heterocycles. The predicted molar refractivity (Wildman–Crippen MR) is 62.5 cm³/mol. The van der Waals surface area contributed by atoms with Gasteiger partial charge in [-0.05, 0) is 25.8 Å². The van der Waals surface area contributed by atoms with E-state index in [1.54, 1.807) is 0 Å². The maximum absolute atomic E-state index is 8.70. The van der Waals surface area contributed by atoms with Crippen molar-refractivity contribution in [3.8, 4) is 6.07 Å². The molecule has 0 spiro atoms. The molecule has 1 N–H and O–H groups in total.